The lowest BCUT2D eigenvalue weighted by molar-refractivity contribution is -0.119. The molecule has 1 heterocycles. The predicted octanol–water partition coefficient (Wildman–Crippen LogP) is 1.92. The van der Waals surface area contributed by atoms with Crippen molar-refractivity contribution in [1.29, 1.82) is 0 Å². The highest BCUT2D eigenvalue weighted by molar-refractivity contribution is 7.99. The summed E-state index contributed by atoms with van der Waals surface area (Å²) >= 11 is 1.26. The molecule has 2 rings (SSSR count). The molecule has 1 aromatic heterocycles. The Bertz CT molecular complexity index is 684. The van der Waals surface area contributed by atoms with E-state index in [9.17, 15) is 4.79 Å². The Morgan fingerprint density at radius 1 is 1.29 bits per heavy atom. The van der Waals surface area contributed by atoms with Crippen molar-refractivity contribution in [3.63, 3.8) is 0 Å². The maximum Gasteiger partial charge on any atom is 0.230 e. The van der Waals surface area contributed by atoms with Gasteiger partial charge >= 0.3 is 0 Å². The summed E-state index contributed by atoms with van der Waals surface area (Å²) in [6, 6.07) is 7.51. The molecule has 0 aliphatic carbocycles. The second-order valence-corrected chi connectivity index (χ2v) is 6.74. The van der Waals surface area contributed by atoms with Crippen molar-refractivity contribution in [3.8, 4) is 17.1 Å². The van der Waals surface area contributed by atoms with Gasteiger partial charge in [-0.1, -0.05) is 25.6 Å². The minimum atomic E-state index is -0.0461. The molecular formula is C16H23N5O2S. The molecule has 0 fully saturated rings. The average molecular weight is 349 g/mol. The molecule has 1 amide bonds. The molecule has 1 atom stereocenters. The fraction of sp³-hybridized carbons (Fsp3) is 0.438. The Morgan fingerprint density at radius 2 is 1.96 bits per heavy atom. The summed E-state index contributed by atoms with van der Waals surface area (Å²) in [5.74, 6) is 7.93. The van der Waals surface area contributed by atoms with Crippen LogP contribution >= 0.6 is 11.8 Å². The molecular weight excluding hydrogens is 326 g/mol. The Labute approximate surface area is 145 Å². The van der Waals surface area contributed by atoms with Crippen LogP contribution in [-0.2, 0) is 4.79 Å². The largest absolute Gasteiger partial charge is 0.497 e. The molecule has 0 saturated carbocycles. The number of ether oxygens (including phenoxy) is 1. The van der Waals surface area contributed by atoms with Crippen molar-refractivity contribution in [2.24, 2.45) is 5.92 Å². The molecule has 1 aromatic carbocycles. The summed E-state index contributed by atoms with van der Waals surface area (Å²) < 4.78 is 6.53. The molecule has 0 unspecified atom stereocenters. The fourth-order valence-corrected chi connectivity index (χ4v) is 2.57. The van der Waals surface area contributed by atoms with Crippen LogP contribution in [0.5, 0.6) is 5.75 Å². The maximum atomic E-state index is 11.9. The Morgan fingerprint density at radius 3 is 2.54 bits per heavy atom. The number of carbonyl (C=O) groups is 1. The van der Waals surface area contributed by atoms with Gasteiger partial charge in [0.1, 0.15) is 5.75 Å². The lowest BCUT2D eigenvalue weighted by atomic mass is 10.1. The molecule has 0 spiro atoms. The minimum Gasteiger partial charge on any atom is -0.497 e. The topological polar surface area (TPSA) is 95.1 Å². The van der Waals surface area contributed by atoms with Gasteiger partial charge in [-0.15, -0.1) is 10.2 Å². The predicted molar refractivity (Wildman–Crippen MR) is 95.3 cm³/mol. The van der Waals surface area contributed by atoms with Gasteiger partial charge in [-0.05, 0) is 37.1 Å². The van der Waals surface area contributed by atoms with E-state index in [2.05, 4.69) is 29.4 Å². The lowest BCUT2D eigenvalue weighted by Crippen LogP contribution is -2.37. The first-order valence-corrected chi connectivity index (χ1v) is 8.68. The monoisotopic (exact) mass is 349 g/mol. The zero-order valence-corrected chi connectivity index (χ0v) is 15.1. The number of hydrogen-bond donors (Lipinski definition) is 2. The normalized spacial score (nSPS) is 12.2. The zero-order chi connectivity index (χ0) is 17.7. The molecule has 0 saturated heterocycles. The van der Waals surface area contributed by atoms with Gasteiger partial charge in [0.15, 0.2) is 5.82 Å². The number of benzene rings is 1. The first kappa shape index (κ1) is 18.1. The minimum absolute atomic E-state index is 0.0461. The molecule has 3 N–H and O–H groups in total. The smallest absolute Gasteiger partial charge is 0.230 e. The molecule has 0 aliphatic rings. The number of nitrogen functional groups attached to an aromatic ring is 1. The quantitative estimate of drug-likeness (QED) is 0.586. The van der Waals surface area contributed by atoms with Crippen LogP contribution in [0.4, 0.5) is 0 Å². The molecule has 24 heavy (non-hydrogen) atoms. The summed E-state index contributed by atoms with van der Waals surface area (Å²) in [4.78, 5) is 11.9. The number of nitrogens with one attached hydrogen (secondary N) is 1. The first-order chi connectivity index (χ1) is 11.4. The van der Waals surface area contributed by atoms with Gasteiger partial charge in [0.25, 0.3) is 0 Å². The van der Waals surface area contributed by atoms with Gasteiger partial charge in [0, 0.05) is 11.6 Å². The van der Waals surface area contributed by atoms with Crippen molar-refractivity contribution in [1.82, 2.24) is 20.2 Å². The third-order valence-corrected chi connectivity index (χ3v) is 4.68. The summed E-state index contributed by atoms with van der Waals surface area (Å²) in [6.45, 7) is 6.12. The summed E-state index contributed by atoms with van der Waals surface area (Å²) in [6.07, 6.45) is 0. The number of thioether (sulfide) groups is 1. The Hall–Kier alpha value is -2.22. The van der Waals surface area contributed by atoms with E-state index in [1.807, 2.05) is 31.2 Å². The highest BCUT2D eigenvalue weighted by Gasteiger charge is 2.15. The van der Waals surface area contributed by atoms with Crippen LogP contribution in [0.3, 0.4) is 0 Å². The zero-order valence-electron chi connectivity index (χ0n) is 14.3. The third kappa shape index (κ3) is 4.41. The van der Waals surface area contributed by atoms with Crippen LogP contribution < -0.4 is 15.9 Å². The van der Waals surface area contributed by atoms with E-state index in [0.29, 0.717) is 16.9 Å². The van der Waals surface area contributed by atoms with Gasteiger partial charge in [0.2, 0.25) is 11.1 Å². The van der Waals surface area contributed by atoms with E-state index in [4.69, 9.17) is 10.6 Å². The highest BCUT2D eigenvalue weighted by Crippen LogP contribution is 2.23. The second kappa shape index (κ2) is 8.05. The SMILES string of the molecule is COc1ccc(-c2nnc(SCC(=O)N[C@@H](C)C(C)C)n2N)cc1. The molecule has 8 heteroatoms. The molecule has 0 bridgehead atoms. The first-order valence-electron chi connectivity index (χ1n) is 7.69. The Balaban J connectivity index is 2.00. The average Bonchev–Trinajstić information content (AvgIpc) is 2.93. The van der Waals surface area contributed by atoms with Gasteiger partial charge in [0.05, 0.1) is 12.9 Å². The summed E-state index contributed by atoms with van der Waals surface area (Å²) in [5.41, 5.74) is 0.829. The Kier molecular flexibility index (Phi) is 6.08. The van der Waals surface area contributed by atoms with Crippen molar-refractivity contribution < 1.29 is 9.53 Å². The van der Waals surface area contributed by atoms with E-state index >= 15 is 0 Å². The number of aromatic nitrogens is 3. The number of nitrogens with zero attached hydrogens (tertiary/aromatic N) is 3. The summed E-state index contributed by atoms with van der Waals surface area (Å²) in [5, 5.41) is 11.6. The van der Waals surface area contributed by atoms with E-state index in [0.717, 1.165) is 11.3 Å². The van der Waals surface area contributed by atoms with E-state index in [1.165, 1.54) is 16.4 Å². The molecule has 130 valence electrons. The highest BCUT2D eigenvalue weighted by atomic mass is 32.2. The van der Waals surface area contributed by atoms with Crippen LogP contribution in [-0.4, -0.2) is 39.7 Å². The van der Waals surface area contributed by atoms with Crippen molar-refractivity contribution in [3.05, 3.63) is 24.3 Å². The maximum absolute atomic E-state index is 11.9. The second-order valence-electron chi connectivity index (χ2n) is 5.79. The van der Waals surface area contributed by atoms with Gasteiger partial charge in [-0.3, -0.25) is 4.79 Å². The number of carbonyl (C=O) groups excluding carboxylic acids is 1. The molecule has 0 radical (unpaired) electrons. The van der Waals surface area contributed by atoms with E-state index in [-0.39, 0.29) is 17.7 Å². The van der Waals surface area contributed by atoms with Crippen LogP contribution in [0.2, 0.25) is 0 Å². The lowest BCUT2D eigenvalue weighted by Gasteiger charge is -2.16. The van der Waals surface area contributed by atoms with Gasteiger partial charge in [-0.2, -0.15) is 0 Å². The number of hydrogen-bond acceptors (Lipinski definition) is 6. The van der Waals surface area contributed by atoms with E-state index < -0.39 is 0 Å². The van der Waals surface area contributed by atoms with Crippen molar-refractivity contribution in [2.75, 3.05) is 18.7 Å². The molecule has 2 aromatic rings. The number of rotatable bonds is 7. The summed E-state index contributed by atoms with van der Waals surface area (Å²) in [7, 11) is 1.61. The van der Waals surface area contributed by atoms with Crippen LogP contribution in [0.25, 0.3) is 11.4 Å². The van der Waals surface area contributed by atoms with Crippen molar-refractivity contribution in [2.45, 2.75) is 32.0 Å². The van der Waals surface area contributed by atoms with Gasteiger partial charge < -0.3 is 15.9 Å². The number of methoxy groups -OCH3 is 1. The molecule has 7 nitrogen and oxygen atoms in total. The molecule has 0 aliphatic heterocycles. The van der Waals surface area contributed by atoms with Crippen LogP contribution in [0, 0.1) is 5.92 Å². The standard InChI is InChI=1S/C16H23N5O2S/c1-10(2)11(3)18-14(22)9-24-16-20-19-15(21(16)17)12-5-7-13(23-4)8-6-12/h5-8,10-11H,9,17H2,1-4H3,(H,18,22)/t11-/m0/s1. The van der Waals surface area contributed by atoms with Crippen molar-refractivity contribution >= 4 is 17.7 Å². The number of amides is 1. The fourth-order valence-electron chi connectivity index (χ4n) is 1.90. The van der Waals surface area contributed by atoms with Crippen LogP contribution in [0.1, 0.15) is 20.8 Å². The van der Waals surface area contributed by atoms with Crippen LogP contribution in [0.15, 0.2) is 29.4 Å². The van der Waals surface area contributed by atoms with E-state index in [1.54, 1.807) is 7.11 Å². The third-order valence-electron chi connectivity index (χ3n) is 3.73. The van der Waals surface area contributed by atoms with Gasteiger partial charge in [-0.25, -0.2) is 4.68 Å². The number of nitrogens with two attached hydrogens (primary N) is 1.